The van der Waals surface area contributed by atoms with E-state index in [0.29, 0.717) is 37.4 Å². The third-order valence-corrected chi connectivity index (χ3v) is 6.70. The average molecular weight is 423 g/mol. The maximum Gasteiger partial charge on any atom is 0.265 e. The number of aromatic nitrogens is 2. The summed E-state index contributed by atoms with van der Waals surface area (Å²) in [5.74, 6) is 0.0472. The van der Waals surface area contributed by atoms with Crippen molar-refractivity contribution >= 4 is 23.2 Å². The maximum atomic E-state index is 13.0. The van der Waals surface area contributed by atoms with Crippen LogP contribution in [0, 0.1) is 19.8 Å². The molecule has 3 heterocycles. The van der Waals surface area contributed by atoms with Crippen LogP contribution in [0.15, 0.2) is 48.8 Å². The zero-order chi connectivity index (χ0) is 21.1. The number of hydrogen-bond donors (Lipinski definition) is 1. The summed E-state index contributed by atoms with van der Waals surface area (Å²) in [6.07, 6.45) is 5.22. The van der Waals surface area contributed by atoms with E-state index >= 15 is 0 Å². The summed E-state index contributed by atoms with van der Waals surface area (Å²) in [6, 6.07) is 12.1. The highest BCUT2D eigenvalue weighted by Crippen LogP contribution is 2.26. The van der Waals surface area contributed by atoms with E-state index < -0.39 is 0 Å². The highest BCUT2D eigenvalue weighted by molar-refractivity contribution is 7.16. The van der Waals surface area contributed by atoms with Gasteiger partial charge in [-0.15, -0.1) is 0 Å². The Labute approximate surface area is 180 Å². The van der Waals surface area contributed by atoms with Gasteiger partial charge >= 0.3 is 0 Å². The number of benzene rings is 1. The average Bonchev–Trinajstić information content (AvgIpc) is 3.42. The third-order valence-electron chi connectivity index (χ3n) is 5.55. The monoisotopic (exact) mass is 422 g/mol. The van der Waals surface area contributed by atoms with Gasteiger partial charge in [0.2, 0.25) is 5.91 Å². The molecule has 0 unspecified atom stereocenters. The molecule has 1 fully saturated rings. The van der Waals surface area contributed by atoms with E-state index in [1.807, 2.05) is 60.0 Å². The van der Waals surface area contributed by atoms with Crippen LogP contribution in [-0.4, -0.2) is 39.4 Å². The van der Waals surface area contributed by atoms with Gasteiger partial charge in [0.05, 0.1) is 5.69 Å². The number of aryl methyl sites for hydroxylation is 2. The first-order valence-electron chi connectivity index (χ1n) is 10.2. The zero-order valence-corrected chi connectivity index (χ0v) is 18.1. The molecular weight excluding hydrogens is 396 g/mol. The highest BCUT2D eigenvalue weighted by Gasteiger charge is 2.29. The minimum absolute atomic E-state index is 0.0157. The molecule has 1 aromatic carbocycles. The van der Waals surface area contributed by atoms with Gasteiger partial charge in [0.1, 0.15) is 4.88 Å². The first kappa shape index (κ1) is 20.3. The highest BCUT2D eigenvalue weighted by atomic mass is 32.1. The molecule has 0 spiro atoms. The van der Waals surface area contributed by atoms with Gasteiger partial charge < -0.3 is 14.8 Å². The van der Waals surface area contributed by atoms with Crippen molar-refractivity contribution in [3.05, 3.63) is 70.5 Å². The van der Waals surface area contributed by atoms with Crippen LogP contribution in [0.1, 0.15) is 39.3 Å². The maximum absolute atomic E-state index is 13.0. The molecule has 2 aromatic heterocycles. The summed E-state index contributed by atoms with van der Waals surface area (Å²) in [6.45, 7) is 5.66. The van der Waals surface area contributed by atoms with Crippen LogP contribution >= 0.6 is 11.3 Å². The lowest BCUT2D eigenvalue weighted by atomic mass is 9.95. The van der Waals surface area contributed by atoms with Crippen molar-refractivity contribution in [2.75, 3.05) is 13.1 Å². The Morgan fingerprint density at radius 2 is 1.77 bits per heavy atom. The molecule has 1 saturated heterocycles. The van der Waals surface area contributed by atoms with Gasteiger partial charge in [-0.05, 0) is 44.4 Å². The van der Waals surface area contributed by atoms with Gasteiger partial charge in [-0.2, -0.15) is 0 Å². The van der Waals surface area contributed by atoms with Crippen LogP contribution in [0.3, 0.4) is 0 Å². The number of rotatable bonds is 5. The van der Waals surface area contributed by atoms with Gasteiger partial charge in [0.15, 0.2) is 5.13 Å². The molecule has 0 bridgehead atoms. The molecule has 0 aliphatic carbocycles. The van der Waals surface area contributed by atoms with E-state index in [1.54, 1.807) is 0 Å². The predicted octanol–water partition coefficient (Wildman–Crippen LogP) is 3.72. The van der Waals surface area contributed by atoms with Crippen LogP contribution in [0.5, 0.6) is 0 Å². The largest absolute Gasteiger partial charge is 0.352 e. The van der Waals surface area contributed by atoms with Crippen LogP contribution < -0.4 is 5.32 Å². The van der Waals surface area contributed by atoms with Crippen molar-refractivity contribution in [3.63, 3.8) is 0 Å². The van der Waals surface area contributed by atoms with E-state index in [4.69, 9.17) is 0 Å². The SMILES string of the molecule is Cc1ccc(CNC(=O)C2CCN(C(=O)c3sc(-n4cccc4)nc3C)CC2)cc1. The minimum Gasteiger partial charge on any atom is -0.352 e. The fourth-order valence-corrected chi connectivity index (χ4v) is 4.68. The van der Waals surface area contributed by atoms with Gasteiger partial charge in [-0.3, -0.25) is 9.59 Å². The molecule has 0 atom stereocenters. The van der Waals surface area contributed by atoms with Crippen molar-refractivity contribution < 1.29 is 9.59 Å². The second kappa shape index (κ2) is 8.83. The Hall–Kier alpha value is -2.93. The molecule has 1 N–H and O–H groups in total. The molecule has 156 valence electrons. The summed E-state index contributed by atoms with van der Waals surface area (Å²) < 4.78 is 1.92. The summed E-state index contributed by atoms with van der Waals surface area (Å²) in [5.41, 5.74) is 3.06. The molecule has 0 radical (unpaired) electrons. The number of nitrogens with one attached hydrogen (secondary N) is 1. The lowest BCUT2D eigenvalue weighted by molar-refractivity contribution is -0.126. The Bertz CT molecular complexity index is 1020. The fraction of sp³-hybridized carbons (Fsp3) is 0.348. The number of likely N-dealkylation sites (tertiary alicyclic amines) is 1. The molecule has 1 aliphatic heterocycles. The Balaban J connectivity index is 1.31. The van der Waals surface area contributed by atoms with E-state index in [9.17, 15) is 9.59 Å². The molecule has 6 nitrogen and oxygen atoms in total. The van der Waals surface area contributed by atoms with Crippen molar-refractivity contribution in [1.82, 2.24) is 19.8 Å². The van der Waals surface area contributed by atoms with Gasteiger partial charge in [-0.1, -0.05) is 41.2 Å². The Morgan fingerprint density at radius 1 is 1.10 bits per heavy atom. The first-order valence-corrected chi connectivity index (χ1v) is 11.1. The molecule has 30 heavy (non-hydrogen) atoms. The first-order chi connectivity index (χ1) is 14.5. The minimum atomic E-state index is -0.0440. The van der Waals surface area contributed by atoms with Gasteiger partial charge in [0.25, 0.3) is 5.91 Å². The summed E-state index contributed by atoms with van der Waals surface area (Å²) in [4.78, 5) is 32.6. The summed E-state index contributed by atoms with van der Waals surface area (Å²) in [5, 5.41) is 3.84. The number of carbonyl (C=O) groups is 2. The van der Waals surface area contributed by atoms with E-state index in [0.717, 1.165) is 16.4 Å². The molecule has 7 heteroatoms. The van der Waals surface area contributed by atoms with Crippen LogP contribution in [0.25, 0.3) is 5.13 Å². The normalized spacial score (nSPS) is 14.7. The second-order valence-corrected chi connectivity index (χ2v) is 8.75. The van der Waals surface area contributed by atoms with Crippen LogP contribution in [0.4, 0.5) is 0 Å². The lowest BCUT2D eigenvalue weighted by Crippen LogP contribution is -2.42. The van der Waals surface area contributed by atoms with Crippen LogP contribution in [0.2, 0.25) is 0 Å². The van der Waals surface area contributed by atoms with Crippen LogP contribution in [-0.2, 0) is 11.3 Å². The Kier molecular flexibility index (Phi) is 5.99. The van der Waals surface area contributed by atoms with E-state index in [-0.39, 0.29) is 17.7 Å². The molecule has 4 rings (SSSR count). The summed E-state index contributed by atoms with van der Waals surface area (Å²) in [7, 11) is 0. The number of nitrogens with zero attached hydrogens (tertiary/aromatic N) is 3. The van der Waals surface area contributed by atoms with E-state index in [2.05, 4.69) is 22.4 Å². The van der Waals surface area contributed by atoms with Gasteiger partial charge in [-0.25, -0.2) is 4.98 Å². The standard InChI is InChI=1S/C23H26N4O2S/c1-16-5-7-18(8-6-16)15-24-21(28)19-9-13-26(14-10-19)22(29)20-17(2)25-23(30-20)27-11-3-4-12-27/h3-8,11-12,19H,9-10,13-15H2,1-2H3,(H,24,28). The molecule has 2 amide bonds. The number of hydrogen-bond acceptors (Lipinski definition) is 4. The number of carbonyl (C=O) groups excluding carboxylic acids is 2. The van der Waals surface area contributed by atoms with Gasteiger partial charge in [0, 0.05) is 37.9 Å². The quantitative estimate of drug-likeness (QED) is 0.681. The number of piperidine rings is 1. The Morgan fingerprint density at radius 3 is 2.43 bits per heavy atom. The van der Waals surface area contributed by atoms with Crippen molar-refractivity contribution in [1.29, 1.82) is 0 Å². The molecule has 1 aliphatic rings. The number of amides is 2. The van der Waals surface area contributed by atoms with Crippen molar-refractivity contribution in [3.8, 4) is 5.13 Å². The molecular formula is C23H26N4O2S. The molecule has 3 aromatic rings. The van der Waals surface area contributed by atoms with E-state index in [1.165, 1.54) is 16.9 Å². The zero-order valence-electron chi connectivity index (χ0n) is 17.3. The lowest BCUT2D eigenvalue weighted by Gasteiger charge is -2.31. The fourth-order valence-electron chi connectivity index (χ4n) is 3.68. The van der Waals surface area contributed by atoms with Crippen molar-refractivity contribution in [2.24, 2.45) is 5.92 Å². The van der Waals surface area contributed by atoms with Crippen molar-refractivity contribution in [2.45, 2.75) is 33.2 Å². The smallest absolute Gasteiger partial charge is 0.265 e. The predicted molar refractivity (Wildman–Crippen MR) is 118 cm³/mol. The topological polar surface area (TPSA) is 67.2 Å². The molecule has 0 saturated carbocycles. The number of thiazole rings is 1. The third kappa shape index (κ3) is 4.46. The second-order valence-electron chi connectivity index (χ2n) is 7.77. The summed E-state index contributed by atoms with van der Waals surface area (Å²) >= 11 is 1.41.